The minimum Gasteiger partial charge on any atom is -0.447 e. The number of nitrogens with zero attached hydrogens (tertiary/aromatic N) is 1. The summed E-state index contributed by atoms with van der Waals surface area (Å²) in [6.07, 6.45) is 0.127. The number of benzene rings is 1. The van der Waals surface area contributed by atoms with Gasteiger partial charge in [-0.2, -0.15) is 0 Å². The lowest BCUT2D eigenvalue weighted by Crippen LogP contribution is -2.30. The molecular formula is C13H17N3O4. The monoisotopic (exact) mass is 279 g/mol. The smallest absolute Gasteiger partial charge is 0.414 e. The van der Waals surface area contributed by atoms with Crippen LogP contribution in [0.3, 0.4) is 0 Å². The van der Waals surface area contributed by atoms with Gasteiger partial charge in [-0.1, -0.05) is 6.07 Å². The van der Waals surface area contributed by atoms with Crippen LogP contribution in [-0.2, 0) is 4.74 Å². The molecule has 20 heavy (non-hydrogen) atoms. The van der Waals surface area contributed by atoms with E-state index in [4.69, 9.17) is 9.84 Å². The number of cyclic esters (lactones) is 1. The normalized spacial score (nSPS) is 14.1. The highest BCUT2D eigenvalue weighted by molar-refractivity contribution is 5.93. The van der Waals surface area contributed by atoms with E-state index in [1.165, 1.54) is 4.90 Å². The van der Waals surface area contributed by atoms with Crippen molar-refractivity contribution in [1.82, 2.24) is 5.32 Å². The van der Waals surface area contributed by atoms with E-state index in [2.05, 4.69) is 10.6 Å². The molecule has 2 rings (SSSR count). The lowest BCUT2D eigenvalue weighted by molar-refractivity contribution is 0.181. The summed E-state index contributed by atoms with van der Waals surface area (Å²) in [4.78, 5) is 24.5. The first-order chi connectivity index (χ1) is 9.70. The van der Waals surface area contributed by atoms with Crippen LogP contribution in [-0.4, -0.2) is 43.5 Å². The molecule has 1 saturated heterocycles. The summed E-state index contributed by atoms with van der Waals surface area (Å²) in [5, 5.41) is 13.9. The Labute approximate surface area is 116 Å². The lowest BCUT2D eigenvalue weighted by atomic mass is 10.2. The standard InChI is InChI=1S/C13H17N3O4/c17-7-2-5-14-12(18)15-10-3-1-4-11(9-10)16-6-8-20-13(16)19/h1,3-4,9,17H,2,5-8H2,(H2,14,15,18). The predicted molar refractivity (Wildman–Crippen MR) is 73.9 cm³/mol. The van der Waals surface area contributed by atoms with Gasteiger partial charge in [0, 0.05) is 24.5 Å². The number of aliphatic hydroxyl groups excluding tert-OH is 1. The van der Waals surface area contributed by atoms with Crippen LogP contribution in [0.2, 0.25) is 0 Å². The first-order valence-corrected chi connectivity index (χ1v) is 6.41. The minimum atomic E-state index is -0.380. The van der Waals surface area contributed by atoms with Crippen LogP contribution in [0.5, 0.6) is 0 Å². The van der Waals surface area contributed by atoms with E-state index < -0.39 is 0 Å². The van der Waals surface area contributed by atoms with E-state index in [0.717, 1.165) is 0 Å². The number of aliphatic hydroxyl groups is 1. The predicted octanol–water partition coefficient (Wildman–Crippen LogP) is 1.15. The number of anilines is 2. The molecule has 0 saturated carbocycles. The molecule has 1 fully saturated rings. The molecule has 0 atom stereocenters. The van der Waals surface area contributed by atoms with Crippen LogP contribution in [0.1, 0.15) is 6.42 Å². The van der Waals surface area contributed by atoms with Gasteiger partial charge in [-0.25, -0.2) is 9.59 Å². The molecule has 0 aromatic heterocycles. The molecule has 0 unspecified atom stereocenters. The maximum atomic E-state index is 11.6. The van der Waals surface area contributed by atoms with Gasteiger partial charge in [0.15, 0.2) is 0 Å². The average Bonchev–Trinajstić information content (AvgIpc) is 2.85. The molecule has 1 aliphatic heterocycles. The number of rotatable bonds is 5. The third kappa shape index (κ3) is 3.61. The Morgan fingerprint density at radius 2 is 2.30 bits per heavy atom. The Balaban J connectivity index is 1.95. The third-order valence-corrected chi connectivity index (χ3v) is 2.80. The van der Waals surface area contributed by atoms with Crippen molar-refractivity contribution in [2.45, 2.75) is 6.42 Å². The summed E-state index contributed by atoms with van der Waals surface area (Å²) in [5.41, 5.74) is 1.27. The van der Waals surface area contributed by atoms with Crippen LogP contribution in [0.4, 0.5) is 21.0 Å². The van der Waals surface area contributed by atoms with Crippen molar-refractivity contribution in [3.05, 3.63) is 24.3 Å². The third-order valence-electron chi connectivity index (χ3n) is 2.80. The number of carbonyl (C=O) groups is 2. The van der Waals surface area contributed by atoms with Gasteiger partial charge < -0.3 is 20.5 Å². The van der Waals surface area contributed by atoms with E-state index in [0.29, 0.717) is 37.5 Å². The second kappa shape index (κ2) is 6.76. The summed E-state index contributed by atoms with van der Waals surface area (Å²) < 4.78 is 4.87. The second-order valence-electron chi connectivity index (χ2n) is 4.27. The number of ether oxygens (including phenoxy) is 1. The van der Waals surface area contributed by atoms with Gasteiger partial charge in [-0.3, -0.25) is 4.90 Å². The molecular weight excluding hydrogens is 262 g/mol. The summed E-state index contributed by atoms with van der Waals surface area (Å²) in [7, 11) is 0. The topological polar surface area (TPSA) is 90.9 Å². The summed E-state index contributed by atoms with van der Waals surface area (Å²) in [6, 6.07) is 6.63. The fourth-order valence-electron chi connectivity index (χ4n) is 1.84. The first-order valence-electron chi connectivity index (χ1n) is 6.41. The number of carbonyl (C=O) groups excluding carboxylic acids is 2. The first kappa shape index (κ1) is 14.1. The van der Waals surface area contributed by atoms with Crippen molar-refractivity contribution in [2.24, 2.45) is 0 Å². The maximum absolute atomic E-state index is 11.6. The number of hydrogen-bond donors (Lipinski definition) is 3. The zero-order valence-corrected chi connectivity index (χ0v) is 11.0. The Kier molecular flexibility index (Phi) is 4.78. The summed E-state index contributed by atoms with van der Waals surface area (Å²) >= 11 is 0. The molecule has 7 heteroatoms. The Bertz CT molecular complexity index is 492. The molecule has 1 aliphatic rings. The molecule has 7 nitrogen and oxygen atoms in total. The van der Waals surface area contributed by atoms with E-state index in [1.807, 2.05) is 0 Å². The molecule has 3 amide bonds. The van der Waals surface area contributed by atoms with Crippen molar-refractivity contribution < 1.29 is 19.4 Å². The van der Waals surface area contributed by atoms with E-state index in [1.54, 1.807) is 24.3 Å². The summed E-state index contributed by atoms with van der Waals surface area (Å²) in [5.74, 6) is 0. The number of nitrogens with one attached hydrogen (secondary N) is 2. The highest BCUT2D eigenvalue weighted by Gasteiger charge is 2.23. The minimum absolute atomic E-state index is 0.0346. The van der Waals surface area contributed by atoms with Gasteiger partial charge in [-0.15, -0.1) is 0 Å². The van der Waals surface area contributed by atoms with Crippen molar-refractivity contribution >= 4 is 23.5 Å². The Hall–Kier alpha value is -2.28. The van der Waals surface area contributed by atoms with E-state index >= 15 is 0 Å². The van der Waals surface area contributed by atoms with Gasteiger partial charge in [0.2, 0.25) is 0 Å². The fraction of sp³-hybridized carbons (Fsp3) is 0.385. The molecule has 1 aromatic rings. The Morgan fingerprint density at radius 1 is 1.45 bits per heavy atom. The molecule has 0 aliphatic carbocycles. The fourth-order valence-corrected chi connectivity index (χ4v) is 1.84. The van der Waals surface area contributed by atoms with Crippen molar-refractivity contribution in [2.75, 3.05) is 36.5 Å². The van der Waals surface area contributed by atoms with E-state index in [9.17, 15) is 9.59 Å². The highest BCUT2D eigenvalue weighted by atomic mass is 16.6. The van der Waals surface area contributed by atoms with Crippen molar-refractivity contribution in [1.29, 1.82) is 0 Å². The van der Waals surface area contributed by atoms with Crippen LogP contribution in [0.15, 0.2) is 24.3 Å². The van der Waals surface area contributed by atoms with Crippen LogP contribution in [0, 0.1) is 0 Å². The lowest BCUT2D eigenvalue weighted by Gasteiger charge is -2.14. The molecule has 0 radical (unpaired) electrons. The van der Waals surface area contributed by atoms with Crippen LogP contribution >= 0.6 is 0 Å². The van der Waals surface area contributed by atoms with Crippen LogP contribution < -0.4 is 15.5 Å². The van der Waals surface area contributed by atoms with Gasteiger partial charge >= 0.3 is 12.1 Å². The molecule has 108 valence electrons. The summed E-state index contributed by atoms with van der Waals surface area (Å²) in [6.45, 7) is 1.32. The van der Waals surface area contributed by atoms with E-state index in [-0.39, 0.29) is 18.7 Å². The average molecular weight is 279 g/mol. The van der Waals surface area contributed by atoms with Crippen molar-refractivity contribution in [3.63, 3.8) is 0 Å². The molecule has 1 heterocycles. The number of urea groups is 1. The number of amides is 3. The van der Waals surface area contributed by atoms with Gasteiger partial charge in [-0.05, 0) is 24.6 Å². The van der Waals surface area contributed by atoms with Gasteiger partial charge in [0.05, 0.1) is 6.54 Å². The maximum Gasteiger partial charge on any atom is 0.414 e. The Morgan fingerprint density at radius 3 is 3.00 bits per heavy atom. The van der Waals surface area contributed by atoms with Gasteiger partial charge in [0.25, 0.3) is 0 Å². The molecule has 0 spiro atoms. The molecule has 1 aromatic carbocycles. The van der Waals surface area contributed by atoms with Crippen molar-refractivity contribution in [3.8, 4) is 0 Å². The largest absolute Gasteiger partial charge is 0.447 e. The second-order valence-corrected chi connectivity index (χ2v) is 4.27. The SMILES string of the molecule is O=C(NCCCO)Nc1cccc(N2CCOC2=O)c1. The quantitative estimate of drug-likeness (QED) is 0.705. The molecule has 0 bridgehead atoms. The highest BCUT2D eigenvalue weighted by Crippen LogP contribution is 2.22. The molecule has 3 N–H and O–H groups in total. The zero-order valence-electron chi connectivity index (χ0n) is 11.0. The van der Waals surface area contributed by atoms with Crippen LogP contribution in [0.25, 0.3) is 0 Å². The van der Waals surface area contributed by atoms with Gasteiger partial charge in [0.1, 0.15) is 6.61 Å². The number of hydrogen-bond acceptors (Lipinski definition) is 4. The zero-order chi connectivity index (χ0) is 14.4.